The molecule has 0 aliphatic heterocycles. The highest BCUT2D eigenvalue weighted by atomic mass is 16.3. The van der Waals surface area contributed by atoms with Crippen LogP contribution in [-0.2, 0) is 10.2 Å². The van der Waals surface area contributed by atoms with Crippen LogP contribution in [0, 0.1) is 0 Å². The van der Waals surface area contributed by atoms with Crippen molar-refractivity contribution in [1.29, 1.82) is 0 Å². The third-order valence-electron chi connectivity index (χ3n) is 3.81. The number of hydrogen-bond acceptors (Lipinski definition) is 2. The number of hydrogen-bond donors (Lipinski definition) is 1. The summed E-state index contributed by atoms with van der Waals surface area (Å²) in [5, 5.41) is 9.56. The molecule has 0 saturated heterocycles. The number of Topliss-reactive ketones (excluding diaryl/α,β-unsaturated/α-hetero) is 1. The summed E-state index contributed by atoms with van der Waals surface area (Å²) < 4.78 is 0. The molecule has 0 aromatic heterocycles. The van der Waals surface area contributed by atoms with Crippen LogP contribution in [0.2, 0.25) is 0 Å². The predicted molar refractivity (Wildman–Crippen MR) is 63.3 cm³/mol. The highest BCUT2D eigenvalue weighted by Gasteiger charge is 2.40. The summed E-state index contributed by atoms with van der Waals surface area (Å²) >= 11 is 0. The minimum atomic E-state index is -0.347. The molecule has 1 N–H and O–H groups in total. The Morgan fingerprint density at radius 3 is 2.31 bits per heavy atom. The van der Waals surface area contributed by atoms with Crippen molar-refractivity contribution in [2.24, 2.45) is 0 Å². The molecule has 0 bridgehead atoms. The molecule has 2 heteroatoms. The van der Waals surface area contributed by atoms with Gasteiger partial charge in [-0.3, -0.25) is 4.79 Å². The van der Waals surface area contributed by atoms with E-state index in [0.717, 1.165) is 31.2 Å². The van der Waals surface area contributed by atoms with Crippen molar-refractivity contribution in [1.82, 2.24) is 0 Å². The lowest BCUT2D eigenvalue weighted by molar-refractivity contribution is -0.124. The van der Waals surface area contributed by atoms with E-state index in [2.05, 4.69) is 0 Å². The number of aliphatic hydroxyl groups excluding tert-OH is 1. The summed E-state index contributed by atoms with van der Waals surface area (Å²) in [6.07, 6.45) is 2.78. The quantitative estimate of drug-likeness (QED) is 0.828. The van der Waals surface area contributed by atoms with Crippen LogP contribution in [0.15, 0.2) is 30.3 Å². The second-order valence-electron chi connectivity index (χ2n) is 4.74. The second-order valence-corrected chi connectivity index (χ2v) is 4.74. The van der Waals surface area contributed by atoms with E-state index in [4.69, 9.17) is 0 Å². The van der Waals surface area contributed by atoms with Crippen LogP contribution < -0.4 is 0 Å². The first kappa shape index (κ1) is 11.3. The van der Waals surface area contributed by atoms with Crippen molar-refractivity contribution in [3.05, 3.63) is 35.9 Å². The first-order valence-corrected chi connectivity index (χ1v) is 5.90. The molecule has 0 atom stereocenters. The Balaban J connectivity index is 2.34. The molecule has 0 amide bonds. The van der Waals surface area contributed by atoms with Crippen LogP contribution >= 0.6 is 0 Å². The zero-order valence-corrected chi connectivity index (χ0v) is 9.65. The van der Waals surface area contributed by atoms with Gasteiger partial charge >= 0.3 is 0 Å². The van der Waals surface area contributed by atoms with E-state index in [0.29, 0.717) is 0 Å². The lowest BCUT2D eigenvalue weighted by Gasteiger charge is -2.37. The van der Waals surface area contributed by atoms with Gasteiger partial charge in [0.15, 0.2) is 0 Å². The van der Waals surface area contributed by atoms with Crippen LogP contribution in [0.5, 0.6) is 0 Å². The SMILES string of the molecule is CC(=O)[C@]1(c2ccccc2)CC[C@@H](O)CC1. The van der Waals surface area contributed by atoms with Gasteiger partial charge in [0.05, 0.1) is 11.5 Å². The monoisotopic (exact) mass is 218 g/mol. The summed E-state index contributed by atoms with van der Waals surface area (Å²) in [7, 11) is 0. The number of carbonyl (C=O) groups excluding carboxylic acids is 1. The number of ketones is 1. The van der Waals surface area contributed by atoms with Crippen molar-refractivity contribution >= 4 is 5.78 Å². The third kappa shape index (κ3) is 1.90. The molecule has 1 aromatic carbocycles. The first-order valence-electron chi connectivity index (χ1n) is 5.90. The molecular weight excluding hydrogens is 200 g/mol. The van der Waals surface area contributed by atoms with E-state index >= 15 is 0 Å². The summed E-state index contributed by atoms with van der Waals surface area (Å²) in [5.41, 5.74) is 0.759. The van der Waals surface area contributed by atoms with Crippen molar-refractivity contribution < 1.29 is 9.90 Å². The van der Waals surface area contributed by atoms with Crippen molar-refractivity contribution in [2.75, 3.05) is 0 Å². The summed E-state index contributed by atoms with van der Waals surface area (Å²) in [5.74, 6) is 0.227. The van der Waals surface area contributed by atoms with Crippen molar-refractivity contribution in [2.45, 2.75) is 44.1 Å². The fourth-order valence-corrected chi connectivity index (χ4v) is 2.70. The fourth-order valence-electron chi connectivity index (χ4n) is 2.70. The second kappa shape index (κ2) is 4.38. The average Bonchev–Trinajstić information content (AvgIpc) is 2.31. The van der Waals surface area contributed by atoms with E-state index in [1.807, 2.05) is 30.3 Å². The lowest BCUT2D eigenvalue weighted by Crippen LogP contribution is -2.39. The van der Waals surface area contributed by atoms with Gasteiger partial charge in [0.1, 0.15) is 5.78 Å². The van der Waals surface area contributed by atoms with E-state index in [1.54, 1.807) is 6.92 Å². The zero-order valence-electron chi connectivity index (χ0n) is 9.65. The molecule has 2 nitrogen and oxygen atoms in total. The molecule has 1 aliphatic carbocycles. The number of carbonyl (C=O) groups is 1. The van der Waals surface area contributed by atoms with Crippen LogP contribution in [0.3, 0.4) is 0 Å². The van der Waals surface area contributed by atoms with Crippen molar-refractivity contribution in [3.63, 3.8) is 0 Å². The normalized spacial score (nSPS) is 30.0. The number of aliphatic hydroxyl groups is 1. The van der Waals surface area contributed by atoms with Gasteiger partial charge in [0.2, 0.25) is 0 Å². The van der Waals surface area contributed by atoms with E-state index in [-0.39, 0.29) is 17.3 Å². The maximum atomic E-state index is 11.9. The minimum absolute atomic E-state index is 0.226. The maximum Gasteiger partial charge on any atom is 0.140 e. The molecule has 1 fully saturated rings. The topological polar surface area (TPSA) is 37.3 Å². The smallest absolute Gasteiger partial charge is 0.140 e. The highest BCUT2D eigenvalue weighted by Crippen LogP contribution is 2.40. The maximum absolute atomic E-state index is 11.9. The lowest BCUT2D eigenvalue weighted by atomic mass is 9.66. The fraction of sp³-hybridized carbons (Fsp3) is 0.500. The van der Waals surface area contributed by atoms with Crippen molar-refractivity contribution in [3.8, 4) is 0 Å². The molecule has 2 rings (SSSR count). The Hall–Kier alpha value is -1.15. The predicted octanol–water partition coefficient (Wildman–Crippen LogP) is 2.45. The molecule has 0 radical (unpaired) electrons. The van der Waals surface area contributed by atoms with Gasteiger partial charge in [0, 0.05) is 0 Å². The van der Waals surface area contributed by atoms with Gasteiger partial charge in [-0.05, 0) is 38.2 Å². The molecule has 0 spiro atoms. The Morgan fingerprint density at radius 2 is 1.81 bits per heavy atom. The molecule has 16 heavy (non-hydrogen) atoms. The molecule has 86 valence electrons. The Morgan fingerprint density at radius 1 is 1.25 bits per heavy atom. The Labute approximate surface area is 96.3 Å². The highest BCUT2D eigenvalue weighted by molar-refractivity contribution is 5.88. The Kier molecular flexibility index (Phi) is 3.10. The van der Waals surface area contributed by atoms with Crippen LogP contribution in [0.25, 0.3) is 0 Å². The average molecular weight is 218 g/mol. The van der Waals surface area contributed by atoms with Gasteiger partial charge < -0.3 is 5.11 Å². The van der Waals surface area contributed by atoms with E-state index < -0.39 is 0 Å². The largest absolute Gasteiger partial charge is 0.393 e. The molecule has 1 aliphatic rings. The summed E-state index contributed by atoms with van der Waals surface area (Å²) in [4.78, 5) is 11.9. The molecule has 1 aromatic rings. The van der Waals surface area contributed by atoms with Gasteiger partial charge in [-0.15, -0.1) is 0 Å². The zero-order chi connectivity index (χ0) is 11.6. The van der Waals surface area contributed by atoms with Gasteiger partial charge in [-0.2, -0.15) is 0 Å². The minimum Gasteiger partial charge on any atom is -0.393 e. The molecule has 1 saturated carbocycles. The molecule has 0 heterocycles. The van der Waals surface area contributed by atoms with Gasteiger partial charge in [-0.25, -0.2) is 0 Å². The van der Waals surface area contributed by atoms with Gasteiger partial charge in [0.25, 0.3) is 0 Å². The number of rotatable bonds is 2. The number of benzene rings is 1. The van der Waals surface area contributed by atoms with E-state index in [1.165, 1.54) is 0 Å². The van der Waals surface area contributed by atoms with Crippen LogP contribution in [-0.4, -0.2) is 17.0 Å². The van der Waals surface area contributed by atoms with Gasteiger partial charge in [-0.1, -0.05) is 30.3 Å². The molecular formula is C14H18O2. The third-order valence-corrected chi connectivity index (χ3v) is 3.81. The molecule has 0 unspecified atom stereocenters. The van der Waals surface area contributed by atoms with Crippen LogP contribution in [0.4, 0.5) is 0 Å². The Bertz CT molecular complexity index is 362. The standard InChI is InChI=1S/C14H18O2/c1-11(15)14(9-7-13(16)8-10-14)12-5-3-2-4-6-12/h2-6,13,16H,7-10H2,1H3/t13-,14+. The summed E-state index contributed by atoms with van der Waals surface area (Å²) in [6, 6.07) is 9.98. The van der Waals surface area contributed by atoms with E-state index in [9.17, 15) is 9.90 Å². The summed E-state index contributed by atoms with van der Waals surface area (Å²) in [6.45, 7) is 1.67. The first-order chi connectivity index (χ1) is 7.65. The van der Waals surface area contributed by atoms with Crippen LogP contribution in [0.1, 0.15) is 38.2 Å².